The van der Waals surface area contributed by atoms with Crippen molar-refractivity contribution in [3.8, 4) is 0 Å². The molecule has 1 aromatic rings. The number of aliphatic hydroxyl groups is 1. The number of rotatable bonds is 3. The molecule has 110 valence electrons. The van der Waals surface area contributed by atoms with Gasteiger partial charge in [0.05, 0.1) is 6.10 Å². The maximum Gasteiger partial charge on any atom is 0.145 e. The highest BCUT2D eigenvalue weighted by Gasteiger charge is 2.41. The van der Waals surface area contributed by atoms with Crippen molar-refractivity contribution in [2.45, 2.75) is 63.6 Å². The Bertz CT molecular complexity index is 478. The maximum absolute atomic E-state index is 9.91. The van der Waals surface area contributed by atoms with Crippen molar-refractivity contribution in [2.24, 2.45) is 5.84 Å². The van der Waals surface area contributed by atoms with Gasteiger partial charge in [-0.25, -0.2) is 15.8 Å². The zero-order chi connectivity index (χ0) is 14.3. The van der Waals surface area contributed by atoms with E-state index >= 15 is 0 Å². The highest BCUT2D eigenvalue weighted by atomic mass is 16.3. The molecule has 2 aliphatic rings. The van der Waals surface area contributed by atoms with Gasteiger partial charge in [0, 0.05) is 24.1 Å². The summed E-state index contributed by atoms with van der Waals surface area (Å²) in [6, 6.07) is 2.70. The SMILES string of the molecule is CC(C)c1nc(NN)cc(N2C3CCC2CC(O)C3)n1. The first-order chi connectivity index (χ1) is 9.58. The number of anilines is 2. The number of nitrogens with zero attached hydrogens (tertiary/aromatic N) is 3. The Morgan fingerprint density at radius 3 is 2.50 bits per heavy atom. The molecule has 6 heteroatoms. The molecular weight excluding hydrogens is 254 g/mol. The summed E-state index contributed by atoms with van der Waals surface area (Å²) in [5.74, 6) is 8.19. The predicted molar refractivity (Wildman–Crippen MR) is 78.5 cm³/mol. The summed E-state index contributed by atoms with van der Waals surface area (Å²) < 4.78 is 0. The van der Waals surface area contributed by atoms with Crippen molar-refractivity contribution in [2.75, 3.05) is 10.3 Å². The fourth-order valence-corrected chi connectivity index (χ4v) is 3.44. The number of nitrogens with two attached hydrogens (primary N) is 1. The van der Waals surface area contributed by atoms with Crippen molar-refractivity contribution < 1.29 is 5.11 Å². The number of hydrogen-bond acceptors (Lipinski definition) is 6. The molecule has 1 aromatic heterocycles. The van der Waals surface area contributed by atoms with Gasteiger partial charge in [0.15, 0.2) is 0 Å². The van der Waals surface area contributed by atoms with Crippen LogP contribution in [0.25, 0.3) is 0 Å². The Kier molecular flexibility index (Phi) is 3.52. The Hall–Kier alpha value is -1.40. The monoisotopic (exact) mass is 277 g/mol. The third-order valence-corrected chi connectivity index (χ3v) is 4.37. The molecule has 2 unspecified atom stereocenters. The van der Waals surface area contributed by atoms with Gasteiger partial charge in [-0.1, -0.05) is 13.8 Å². The second-order valence-electron chi connectivity index (χ2n) is 6.19. The normalized spacial score (nSPS) is 29.1. The molecule has 0 radical (unpaired) electrons. The third kappa shape index (κ3) is 2.33. The number of fused-ring (bicyclic) bond motifs is 2. The molecule has 0 aromatic carbocycles. The molecule has 2 fully saturated rings. The molecule has 0 amide bonds. The van der Waals surface area contributed by atoms with E-state index < -0.39 is 0 Å². The van der Waals surface area contributed by atoms with Crippen LogP contribution in [0.2, 0.25) is 0 Å². The first-order valence-corrected chi connectivity index (χ1v) is 7.40. The molecule has 2 atom stereocenters. The summed E-state index contributed by atoms with van der Waals surface area (Å²) in [7, 11) is 0. The van der Waals surface area contributed by atoms with Gasteiger partial charge in [0.2, 0.25) is 0 Å². The summed E-state index contributed by atoms with van der Waals surface area (Å²) in [5, 5.41) is 9.91. The van der Waals surface area contributed by atoms with E-state index in [2.05, 4.69) is 29.2 Å². The van der Waals surface area contributed by atoms with Crippen LogP contribution in [0.3, 0.4) is 0 Å². The fraction of sp³-hybridized carbons (Fsp3) is 0.714. The lowest BCUT2D eigenvalue weighted by Gasteiger charge is -2.38. The first kappa shape index (κ1) is 13.6. The molecule has 4 N–H and O–H groups in total. The van der Waals surface area contributed by atoms with Gasteiger partial charge < -0.3 is 15.4 Å². The van der Waals surface area contributed by atoms with Crippen LogP contribution < -0.4 is 16.2 Å². The highest BCUT2D eigenvalue weighted by molar-refractivity contribution is 5.52. The van der Waals surface area contributed by atoms with Gasteiger partial charge in [-0.2, -0.15) is 0 Å². The lowest BCUT2D eigenvalue weighted by Crippen LogP contribution is -2.45. The van der Waals surface area contributed by atoms with Crippen molar-refractivity contribution in [3.05, 3.63) is 11.9 Å². The molecule has 0 saturated carbocycles. The molecule has 2 aliphatic heterocycles. The molecule has 2 saturated heterocycles. The topological polar surface area (TPSA) is 87.3 Å². The number of hydrogen-bond donors (Lipinski definition) is 3. The van der Waals surface area contributed by atoms with Gasteiger partial charge in [-0.15, -0.1) is 0 Å². The van der Waals surface area contributed by atoms with Crippen LogP contribution >= 0.6 is 0 Å². The van der Waals surface area contributed by atoms with Gasteiger partial charge in [0.1, 0.15) is 17.5 Å². The quantitative estimate of drug-likeness (QED) is 0.571. The zero-order valence-corrected chi connectivity index (χ0v) is 12.1. The van der Waals surface area contributed by atoms with Crippen molar-refractivity contribution in [3.63, 3.8) is 0 Å². The van der Waals surface area contributed by atoms with Gasteiger partial charge >= 0.3 is 0 Å². The lowest BCUT2D eigenvalue weighted by atomic mass is 10.00. The fourth-order valence-electron chi connectivity index (χ4n) is 3.44. The van der Waals surface area contributed by atoms with Crippen LogP contribution in [0.1, 0.15) is 51.3 Å². The molecule has 0 aliphatic carbocycles. The van der Waals surface area contributed by atoms with E-state index in [1.165, 1.54) is 0 Å². The summed E-state index contributed by atoms with van der Waals surface area (Å²) >= 11 is 0. The van der Waals surface area contributed by atoms with Crippen LogP contribution in [0.4, 0.5) is 11.6 Å². The van der Waals surface area contributed by atoms with Crippen molar-refractivity contribution in [1.29, 1.82) is 0 Å². The van der Waals surface area contributed by atoms with E-state index in [1.807, 2.05) is 6.07 Å². The smallest absolute Gasteiger partial charge is 0.145 e. The Morgan fingerprint density at radius 1 is 1.30 bits per heavy atom. The number of aliphatic hydroxyl groups excluding tert-OH is 1. The van der Waals surface area contributed by atoms with E-state index in [0.29, 0.717) is 17.9 Å². The highest BCUT2D eigenvalue weighted by Crippen LogP contribution is 2.39. The molecule has 20 heavy (non-hydrogen) atoms. The molecule has 0 spiro atoms. The minimum absolute atomic E-state index is 0.165. The van der Waals surface area contributed by atoms with Gasteiger partial charge in [-0.05, 0) is 25.7 Å². The third-order valence-electron chi connectivity index (χ3n) is 4.37. The number of nitrogens with one attached hydrogen (secondary N) is 1. The Labute approximate surface area is 119 Å². The minimum atomic E-state index is -0.165. The molecule has 3 heterocycles. The molecular formula is C14H23N5O. The van der Waals surface area contributed by atoms with E-state index in [4.69, 9.17) is 10.8 Å². The largest absolute Gasteiger partial charge is 0.393 e. The molecule has 2 bridgehead atoms. The first-order valence-electron chi connectivity index (χ1n) is 7.40. The van der Waals surface area contributed by atoms with E-state index in [9.17, 15) is 5.11 Å². The lowest BCUT2D eigenvalue weighted by molar-refractivity contribution is 0.126. The molecule has 3 rings (SSSR count). The van der Waals surface area contributed by atoms with Crippen LogP contribution in [-0.2, 0) is 0 Å². The van der Waals surface area contributed by atoms with E-state index in [-0.39, 0.29) is 12.0 Å². The van der Waals surface area contributed by atoms with E-state index in [1.54, 1.807) is 0 Å². The number of aromatic nitrogens is 2. The van der Waals surface area contributed by atoms with Crippen molar-refractivity contribution >= 4 is 11.6 Å². The average molecular weight is 277 g/mol. The Balaban J connectivity index is 1.95. The molecule has 6 nitrogen and oxygen atoms in total. The standard InChI is InChI=1S/C14H23N5O/c1-8(2)14-16-12(18-15)7-13(17-14)19-9-3-4-10(19)6-11(20)5-9/h7-11,20H,3-6,15H2,1-2H3,(H,16,17,18). The van der Waals surface area contributed by atoms with Crippen LogP contribution in [0, 0.1) is 0 Å². The number of nitrogen functional groups attached to an aromatic ring is 1. The van der Waals surface area contributed by atoms with Gasteiger partial charge in [0.25, 0.3) is 0 Å². The van der Waals surface area contributed by atoms with Crippen LogP contribution in [0.5, 0.6) is 0 Å². The number of piperidine rings is 1. The van der Waals surface area contributed by atoms with E-state index in [0.717, 1.165) is 37.3 Å². The maximum atomic E-state index is 9.91. The average Bonchev–Trinajstić information content (AvgIpc) is 2.70. The second-order valence-corrected chi connectivity index (χ2v) is 6.19. The summed E-state index contributed by atoms with van der Waals surface area (Å²) in [6.45, 7) is 4.15. The minimum Gasteiger partial charge on any atom is -0.393 e. The summed E-state index contributed by atoms with van der Waals surface area (Å²) in [5.41, 5.74) is 2.63. The van der Waals surface area contributed by atoms with Crippen LogP contribution in [-0.4, -0.2) is 33.3 Å². The number of hydrazine groups is 1. The predicted octanol–water partition coefficient (Wildman–Crippen LogP) is 1.38. The van der Waals surface area contributed by atoms with Crippen LogP contribution in [0.15, 0.2) is 6.07 Å². The summed E-state index contributed by atoms with van der Waals surface area (Å²) in [4.78, 5) is 11.5. The van der Waals surface area contributed by atoms with Gasteiger partial charge in [-0.3, -0.25) is 0 Å². The zero-order valence-electron chi connectivity index (χ0n) is 12.1. The van der Waals surface area contributed by atoms with Crippen molar-refractivity contribution in [1.82, 2.24) is 9.97 Å². The summed E-state index contributed by atoms with van der Waals surface area (Å²) in [6.07, 6.45) is 3.77. The second kappa shape index (κ2) is 5.18. The Morgan fingerprint density at radius 2 is 1.95 bits per heavy atom.